The van der Waals surface area contributed by atoms with Crippen LogP contribution >= 0.6 is 0 Å². The molecule has 1 aliphatic carbocycles. The first-order chi connectivity index (χ1) is 8.26. The minimum Gasteiger partial charge on any atom is -0.334 e. The van der Waals surface area contributed by atoms with Crippen LogP contribution in [0.3, 0.4) is 0 Å². The van der Waals surface area contributed by atoms with E-state index in [9.17, 15) is 18.0 Å². The van der Waals surface area contributed by atoms with Crippen molar-refractivity contribution in [1.29, 1.82) is 0 Å². The van der Waals surface area contributed by atoms with Crippen molar-refractivity contribution >= 4 is 5.91 Å². The third-order valence-corrected chi connectivity index (χ3v) is 3.46. The van der Waals surface area contributed by atoms with Crippen molar-refractivity contribution < 1.29 is 18.0 Å². The first-order valence-corrected chi connectivity index (χ1v) is 6.39. The lowest BCUT2D eigenvalue weighted by atomic mass is 9.80. The number of halogens is 3. The molecule has 0 saturated heterocycles. The SMILES string of the molecule is CCN(CC(F)(F)F)C(=O)CC1(N)CCCCC1. The van der Waals surface area contributed by atoms with E-state index in [1.165, 1.54) is 0 Å². The quantitative estimate of drug-likeness (QED) is 0.849. The van der Waals surface area contributed by atoms with Crippen LogP contribution in [0.1, 0.15) is 45.4 Å². The molecule has 2 N–H and O–H groups in total. The van der Waals surface area contributed by atoms with Gasteiger partial charge < -0.3 is 10.6 Å². The van der Waals surface area contributed by atoms with Crippen molar-refractivity contribution in [2.24, 2.45) is 5.73 Å². The number of hydrogen-bond acceptors (Lipinski definition) is 2. The third kappa shape index (κ3) is 4.84. The standard InChI is InChI=1S/C12H21F3N2O/c1-2-17(9-12(13,14)15)10(18)8-11(16)6-4-3-5-7-11/h2-9,16H2,1H3. The number of amides is 1. The van der Waals surface area contributed by atoms with E-state index in [0.717, 1.165) is 37.0 Å². The molecular formula is C12H21F3N2O. The molecule has 0 radical (unpaired) electrons. The highest BCUT2D eigenvalue weighted by Gasteiger charge is 2.36. The monoisotopic (exact) mass is 266 g/mol. The maximum atomic E-state index is 12.3. The molecule has 0 atom stereocenters. The second kappa shape index (κ2) is 5.91. The van der Waals surface area contributed by atoms with Crippen LogP contribution in [0.4, 0.5) is 13.2 Å². The van der Waals surface area contributed by atoms with Crippen LogP contribution in [0.25, 0.3) is 0 Å². The summed E-state index contributed by atoms with van der Waals surface area (Å²) in [6, 6.07) is 0. The molecule has 106 valence electrons. The Morgan fingerprint density at radius 2 is 1.83 bits per heavy atom. The Labute approximate surface area is 106 Å². The molecule has 0 heterocycles. The Bertz CT molecular complexity index is 286. The summed E-state index contributed by atoms with van der Waals surface area (Å²) in [5.41, 5.74) is 5.48. The van der Waals surface area contributed by atoms with Crippen LogP contribution in [0.5, 0.6) is 0 Å². The lowest BCUT2D eigenvalue weighted by Crippen LogP contribution is -2.48. The molecule has 1 saturated carbocycles. The van der Waals surface area contributed by atoms with Crippen LogP contribution in [0, 0.1) is 0 Å². The normalized spacial score (nSPS) is 19.6. The smallest absolute Gasteiger partial charge is 0.334 e. The second-order valence-electron chi connectivity index (χ2n) is 5.12. The fraction of sp³-hybridized carbons (Fsp3) is 0.917. The van der Waals surface area contributed by atoms with E-state index < -0.39 is 24.2 Å². The lowest BCUT2D eigenvalue weighted by molar-refractivity contribution is -0.161. The number of carbonyl (C=O) groups excluding carboxylic acids is 1. The van der Waals surface area contributed by atoms with Gasteiger partial charge in [-0.3, -0.25) is 4.79 Å². The van der Waals surface area contributed by atoms with Gasteiger partial charge in [-0.1, -0.05) is 19.3 Å². The Balaban J connectivity index is 2.56. The van der Waals surface area contributed by atoms with E-state index in [4.69, 9.17) is 5.73 Å². The molecule has 0 aromatic heterocycles. The minimum absolute atomic E-state index is 0.0247. The van der Waals surface area contributed by atoms with Gasteiger partial charge in [0, 0.05) is 18.5 Å². The number of nitrogens with two attached hydrogens (primary N) is 1. The zero-order valence-electron chi connectivity index (χ0n) is 10.7. The fourth-order valence-electron chi connectivity index (χ4n) is 2.44. The molecule has 1 aliphatic rings. The Morgan fingerprint density at radius 1 is 1.28 bits per heavy atom. The van der Waals surface area contributed by atoms with E-state index in [2.05, 4.69) is 0 Å². The number of rotatable bonds is 4. The largest absolute Gasteiger partial charge is 0.406 e. The zero-order valence-corrected chi connectivity index (χ0v) is 10.7. The lowest BCUT2D eigenvalue weighted by Gasteiger charge is -2.34. The van der Waals surface area contributed by atoms with Crippen molar-refractivity contribution in [2.75, 3.05) is 13.1 Å². The van der Waals surface area contributed by atoms with Gasteiger partial charge in [-0.25, -0.2) is 0 Å². The molecule has 1 fully saturated rings. The van der Waals surface area contributed by atoms with E-state index in [1.807, 2.05) is 0 Å². The maximum absolute atomic E-state index is 12.3. The molecule has 3 nitrogen and oxygen atoms in total. The maximum Gasteiger partial charge on any atom is 0.406 e. The van der Waals surface area contributed by atoms with Crippen LogP contribution in [0.15, 0.2) is 0 Å². The van der Waals surface area contributed by atoms with Gasteiger partial charge in [0.05, 0.1) is 0 Å². The second-order valence-corrected chi connectivity index (χ2v) is 5.12. The highest BCUT2D eigenvalue weighted by Crippen LogP contribution is 2.29. The van der Waals surface area contributed by atoms with Gasteiger partial charge >= 0.3 is 6.18 Å². The Kier molecular flexibility index (Phi) is 5.01. The van der Waals surface area contributed by atoms with Gasteiger partial charge in [0.2, 0.25) is 5.91 Å². The van der Waals surface area contributed by atoms with Crippen LogP contribution in [-0.2, 0) is 4.79 Å². The van der Waals surface area contributed by atoms with Crippen LogP contribution in [0.2, 0.25) is 0 Å². The van der Waals surface area contributed by atoms with Gasteiger partial charge in [-0.15, -0.1) is 0 Å². The van der Waals surface area contributed by atoms with Gasteiger partial charge in [0.15, 0.2) is 0 Å². The summed E-state index contributed by atoms with van der Waals surface area (Å²) in [5, 5.41) is 0. The van der Waals surface area contributed by atoms with Gasteiger partial charge in [0.25, 0.3) is 0 Å². The molecule has 0 aromatic rings. The van der Waals surface area contributed by atoms with E-state index in [-0.39, 0.29) is 13.0 Å². The Morgan fingerprint density at radius 3 is 2.28 bits per heavy atom. The highest BCUT2D eigenvalue weighted by atomic mass is 19.4. The molecule has 0 spiro atoms. The average molecular weight is 266 g/mol. The van der Waals surface area contributed by atoms with Crippen molar-refractivity contribution in [3.8, 4) is 0 Å². The molecule has 6 heteroatoms. The summed E-state index contributed by atoms with van der Waals surface area (Å²) in [6.07, 6.45) is 0.124. The van der Waals surface area contributed by atoms with Gasteiger partial charge in [-0.05, 0) is 19.8 Å². The Hall–Kier alpha value is -0.780. The fourth-order valence-corrected chi connectivity index (χ4v) is 2.44. The summed E-state index contributed by atoms with van der Waals surface area (Å²) in [6.45, 7) is 0.431. The molecule has 18 heavy (non-hydrogen) atoms. The topological polar surface area (TPSA) is 46.3 Å². The van der Waals surface area contributed by atoms with E-state index in [1.54, 1.807) is 6.92 Å². The molecule has 0 unspecified atom stereocenters. The summed E-state index contributed by atoms with van der Waals surface area (Å²) in [5.74, 6) is -0.487. The average Bonchev–Trinajstić information content (AvgIpc) is 2.25. The van der Waals surface area contributed by atoms with E-state index >= 15 is 0 Å². The highest BCUT2D eigenvalue weighted by molar-refractivity contribution is 5.77. The molecule has 1 rings (SSSR count). The molecule has 1 amide bonds. The van der Waals surface area contributed by atoms with Gasteiger partial charge in [0.1, 0.15) is 6.54 Å². The minimum atomic E-state index is -4.35. The summed E-state index contributed by atoms with van der Waals surface area (Å²) >= 11 is 0. The number of alkyl halides is 3. The number of carbonyl (C=O) groups is 1. The predicted octanol–water partition coefficient (Wildman–Crippen LogP) is 2.45. The molecule has 0 bridgehead atoms. The number of hydrogen-bond donors (Lipinski definition) is 1. The van der Waals surface area contributed by atoms with Crippen molar-refractivity contribution in [1.82, 2.24) is 4.90 Å². The van der Waals surface area contributed by atoms with E-state index in [0.29, 0.717) is 0 Å². The molecular weight excluding hydrogens is 245 g/mol. The van der Waals surface area contributed by atoms with Gasteiger partial charge in [-0.2, -0.15) is 13.2 Å². The van der Waals surface area contributed by atoms with Crippen molar-refractivity contribution in [3.05, 3.63) is 0 Å². The molecule has 0 aliphatic heterocycles. The molecule has 0 aromatic carbocycles. The van der Waals surface area contributed by atoms with Crippen molar-refractivity contribution in [2.45, 2.75) is 57.2 Å². The zero-order chi connectivity index (χ0) is 13.8. The first kappa shape index (κ1) is 15.3. The van der Waals surface area contributed by atoms with Crippen molar-refractivity contribution in [3.63, 3.8) is 0 Å². The third-order valence-electron chi connectivity index (χ3n) is 3.46. The summed E-state index contributed by atoms with van der Waals surface area (Å²) < 4.78 is 36.9. The first-order valence-electron chi connectivity index (χ1n) is 6.39. The van der Waals surface area contributed by atoms with Crippen LogP contribution < -0.4 is 5.73 Å². The predicted molar refractivity (Wildman–Crippen MR) is 62.9 cm³/mol. The van der Waals surface area contributed by atoms with Crippen LogP contribution in [-0.4, -0.2) is 35.6 Å². The number of nitrogens with zero attached hydrogens (tertiary/aromatic N) is 1. The summed E-state index contributed by atoms with van der Waals surface area (Å²) in [7, 11) is 0. The summed E-state index contributed by atoms with van der Waals surface area (Å²) in [4.78, 5) is 12.7.